The second kappa shape index (κ2) is 3.57. The third-order valence-electron chi connectivity index (χ3n) is 2.99. The fraction of sp³-hybridized carbons (Fsp3) is 1.00. The molecule has 1 atom stereocenters. The maximum Gasteiger partial charge on any atom is 0.000518 e. The van der Waals surface area contributed by atoms with Crippen molar-refractivity contribution in [1.82, 2.24) is 5.32 Å². The lowest BCUT2D eigenvalue weighted by atomic mass is 9.72. The van der Waals surface area contributed by atoms with E-state index in [4.69, 9.17) is 0 Å². The molecule has 1 fully saturated rings. The predicted octanol–water partition coefficient (Wildman–Crippen LogP) is 2.42. The maximum absolute atomic E-state index is 3.46. The van der Waals surface area contributed by atoms with E-state index in [2.05, 4.69) is 26.1 Å². The molecule has 11 heavy (non-hydrogen) atoms. The lowest BCUT2D eigenvalue weighted by Crippen LogP contribution is -2.42. The Bertz CT molecular complexity index is 116. The van der Waals surface area contributed by atoms with Crippen molar-refractivity contribution in [3.8, 4) is 0 Å². The predicted molar refractivity (Wildman–Crippen MR) is 49.7 cm³/mol. The summed E-state index contributed by atoms with van der Waals surface area (Å²) in [7, 11) is 0. The van der Waals surface area contributed by atoms with Crippen LogP contribution >= 0.6 is 0 Å². The molecule has 0 spiro atoms. The highest BCUT2D eigenvalue weighted by Gasteiger charge is 2.30. The Labute approximate surface area is 70.6 Å². The van der Waals surface area contributed by atoms with Gasteiger partial charge in [0.2, 0.25) is 0 Å². The highest BCUT2D eigenvalue weighted by molar-refractivity contribution is 4.84. The van der Waals surface area contributed by atoms with Crippen molar-refractivity contribution < 1.29 is 0 Å². The van der Waals surface area contributed by atoms with Gasteiger partial charge >= 0.3 is 0 Å². The van der Waals surface area contributed by atoms with Gasteiger partial charge in [-0.25, -0.2) is 0 Å². The normalized spacial score (nSPS) is 30.3. The average molecular weight is 155 g/mol. The van der Waals surface area contributed by atoms with Crippen LogP contribution in [-0.2, 0) is 0 Å². The lowest BCUT2D eigenvalue weighted by molar-refractivity contribution is 0.145. The van der Waals surface area contributed by atoms with Gasteiger partial charge in [-0.15, -0.1) is 0 Å². The number of nitrogens with one attached hydrogen (secondary N) is 1. The summed E-state index contributed by atoms with van der Waals surface area (Å²) < 4.78 is 0. The van der Waals surface area contributed by atoms with Gasteiger partial charge in [-0.2, -0.15) is 0 Å². The Balaban J connectivity index is 2.45. The van der Waals surface area contributed by atoms with E-state index >= 15 is 0 Å². The summed E-state index contributed by atoms with van der Waals surface area (Å²) in [5.41, 5.74) is 0.536. The van der Waals surface area contributed by atoms with Crippen molar-refractivity contribution in [2.45, 2.75) is 40.0 Å². The Kier molecular flexibility index (Phi) is 2.94. The fourth-order valence-corrected chi connectivity index (χ4v) is 2.11. The van der Waals surface area contributed by atoms with E-state index < -0.39 is 0 Å². The van der Waals surface area contributed by atoms with E-state index in [0.29, 0.717) is 5.41 Å². The SMILES string of the molecule is CCCC1CCNCC1(C)C. The highest BCUT2D eigenvalue weighted by Crippen LogP contribution is 2.34. The van der Waals surface area contributed by atoms with Gasteiger partial charge in [0.25, 0.3) is 0 Å². The highest BCUT2D eigenvalue weighted by atomic mass is 14.9. The molecule has 0 saturated carbocycles. The molecule has 1 aliphatic heterocycles. The molecule has 0 aromatic heterocycles. The molecule has 0 bridgehead atoms. The molecule has 1 rings (SSSR count). The molecular weight excluding hydrogens is 134 g/mol. The van der Waals surface area contributed by atoms with Gasteiger partial charge in [0.1, 0.15) is 0 Å². The van der Waals surface area contributed by atoms with Crippen LogP contribution in [0.5, 0.6) is 0 Å². The van der Waals surface area contributed by atoms with Crippen LogP contribution in [0.2, 0.25) is 0 Å². The van der Waals surface area contributed by atoms with Gasteiger partial charge in [0.05, 0.1) is 0 Å². The summed E-state index contributed by atoms with van der Waals surface area (Å²) >= 11 is 0. The number of rotatable bonds is 2. The standard InChI is InChI=1S/C10H21N/c1-4-5-9-6-7-11-8-10(9,2)3/h9,11H,4-8H2,1-3H3. The van der Waals surface area contributed by atoms with Crippen LogP contribution in [-0.4, -0.2) is 13.1 Å². The van der Waals surface area contributed by atoms with E-state index in [9.17, 15) is 0 Å². The summed E-state index contributed by atoms with van der Waals surface area (Å²) in [5.74, 6) is 0.953. The van der Waals surface area contributed by atoms with Crippen LogP contribution in [0.1, 0.15) is 40.0 Å². The van der Waals surface area contributed by atoms with E-state index in [1.807, 2.05) is 0 Å². The van der Waals surface area contributed by atoms with Crippen molar-refractivity contribution in [3.63, 3.8) is 0 Å². The van der Waals surface area contributed by atoms with Crippen LogP contribution < -0.4 is 5.32 Å². The smallest absolute Gasteiger partial charge is 0.000518 e. The summed E-state index contributed by atoms with van der Waals surface area (Å²) in [6, 6.07) is 0. The molecule has 1 aliphatic rings. The van der Waals surface area contributed by atoms with Crippen LogP contribution in [0.4, 0.5) is 0 Å². The van der Waals surface area contributed by atoms with Crippen molar-refractivity contribution in [3.05, 3.63) is 0 Å². The minimum atomic E-state index is 0.536. The zero-order valence-electron chi connectivity index (χ0n) is 8.11. The van der Waals surface area contributed by atoms with Crippen LogP contribution in [0.25, 0.3) is 0 Å². The third-order valence-corrected chi connectivity index (χ3v) is 2.99. The number of hydrogen-bond acceptors (Lipinski definition) is 1. The molecule has 66 valence electrons. The topological polar surface area (TPSA) is 12.0 Å². The second-order valence-corrected chi connectivity index (χ2v) is 4.44. The summed E-state index contributed by atoms with van der Waals surface area (Å²) in [4.78, 5) is 0. The minimum Gasteiger partial charge on any atom is -0.316 e. The summed E-state index contributed by atoms with van der Waals surface area (Å²) in [6.45, 7) is 9.50. The third kappa shape index (κ3) is 2.19. The average Bonchev–Trinajstić information content (AvgIpc) is 1.94. The molecule has 1 heterocycles. The van der Waals surface area contributed by atoms with E-state index in [0.717, 1.165) is 5.92 Å². The monoisotopic (exact) mass is 155 g/mol. The molecule has 1 unspecified atom stereocenters. The molecule has 0 aliphatic carbocycles. The first kappa shape index (κ1) is 9.05. The Morgan fingerprint density at radius 3 is 2.73 bits per heavy atom. The van der Waals surface area contributed by atoms with E-state index in [1.54, 1.807) is 0 Å². The quantitative estimate of drug-likeness (QED) is 0.646. The molecular formula is C10H21N. The summed E-state index contributed by atoms with van der Waals surface area (Å²) in [5, 5.41) is 3.46. The number of piperidine rings is 1. The second-order valence-electron chi connectivity index (χ2n) is 4.44. The first-order chi connectivity index (χ1) is 5.17. The molecule has 1 saturated heterocycles. The van der Waals surface area contributed by atoms with Gasteiger partial charge in [-0.3, -0.25) is 0 Å². The van der Waals surface area contributed by atoms with Crippen LogP contribution in [0.15, 0.2) is 0 Å². The van der Waals surface area contributed by atoms with Crippen LogP contribution in [0.3, 0.4) is 0 Å². The van der Waals surface area contributed by atoms with Crippen molar-refractivity contribution in [1.29, 1.82) is 0 Å². The minimum absolute atomic E-state index is 0.536. The van der Waals surface area contributed by atoms with Gasteiger partial charge in [0.15, 0.2) is 0 Å². The van der Waals surface area contributed by atoms with E-state index in [-0.39, 0.29) is 0 Å². The molecule has 0 aromatic carbocycles. The van der Waals surface area contributed by atoms with Gasteiger partial charge < -0.3 is 5.32 Å². The molecule has 1 nitrogen and oxygen atoms in total. The van der Waals surface area contributed by atoms with Crippen molar-refractivity contribution >= 4 is 0 Å². The Hall–Kier alpha value is -0.0400. The van der Waals surface area contributed by atoms with Gasteiger partial charge in [-0.1, -0.05) is 33.6 Å². The lowest BCUT2D eigenvalue weighted by Gasteiger charge is -2.39. The largest absolute Gasteiger partial charge is 0.316 e. The fourth-order valence-electron chi connectivity index (χ4n) is 2.11. The molecule has 1 heteroatoms. The zero-order valence-corrected chi connectivity index (χ0v) is 8.11. The first-order valence-electron chi connectivity index (χ1n) is 4.87. The maximum atomic E-state index is 3.46. The molecule has 0 amide bonds. The first-order valence-corrected chi connectivity index (χ1v) is 4.87. The molecule has 0 aromatic rings. The number of hydrogen-bond donors (Lipinski definition) is 1. The molecule has 0 radical (unpaired) electrons. The summed E-state index contributed by atoms with van der Waals surface area (Å²) in [6.07, 6.45) is 4.13. The van der Waals surface area contributed by atoms with Gasteiger partial charge in [0, 0.05) is 6.54 Å². The van der Waals surface area contributed by atoms with E-state index in [1.165, 1.54) is 32.4 Å². The van der Waals surface area contributed by atoms with Gasteiger partial charge in [-0.05, 0) is 24.3 Å². The van der Waals surface area contributed by atoms with Crippen molar-refractivity contribution in [2.75, 3.05) is 13.1 Å². The van der Waals surface area contributed by atoms with Crippen LogP contribution in [0, 0.1) is 11.3 Å². The Morgan fingerprint density at radius 1 is 1.45 bits per heavy atom. The molecule has 1 N–H and O–H groups in total. The van der Waals surface area contributed by atoms with Crippen molar-refractivity contribution in [2.24, 2.45) is 11.3 Å². The Morgan fingerprint density at radius 2 is 2.18 bits per heavy atom. The zero-order chi connectivity index (χ0) is 8.32.